The number of hydrogen-bond donors (Lipinski definition) is 0. The van der Waals surface area contributed by atoms with Gasteiger partial charge in [0.2, 0.25) is 0 Å². The molecule has 0 unspecified atom stereocenters. The van der Waals surface area contributed by atoms with E-state index in [1.165, 1.54) is 122 Å². The van der Waals surface area contributed by atoms with Gasteiger partial charge in [0, 0.05) is 34.1 Å². The topological polar surface area (TPSA) is 6.48 Å². The van der Waals surface area contributed by atoms with Crippen molar-refractivity contribution in [2.24, 2.45) is 0 Å². The number of anilines is 6. The molecule has 334 valence electrons. The van der Waals surface area contributed by atoms with Crippen molar-refractivity contribution in [3.8, 4) is 55.6 Å². The average molecular weight is 911 g/mol. The summed E-state index contributed by atoms with van der Waals surface area (Å²) in [7, 11) is 22.6. The molecule has 0 saturated carbocycles. The summed E-state index contributed by atoms with van der Waals surface area (Å²) in [6.45, 7) is 0. The van der Waals surface area contributed by atoms with E-state index < -0.39 is 0 Å². The summed E-state index contributed by atoms with van der Waals surface area (Å²) in [6.07, 6.45) is 0. The maximum absolute atomic E-state index is 2.45. The van der Waals surface area contributed by atoms with Gasteiger partial charge in [-0.15, -0.1) is 10.9 Å². The monoisotopic (exact) mass is 913 g/mol. The van der Waals surface area contributed by atoms with Gasteiger partial charge in [0.15, 0.2) is 0 Å². The number of rotatable bonds is 11. The van der Waals surface area contributed by atoms with Crippen LogP contribution in [0.1, 0.15) is 0 Å². The molecule has 10 rings (SSSR count). The highest BCUT2D eigenvalue weighted by Crippen LogP contribution is 2.38. The summed E-state index contributed by atoms with van der Waals surface area (Å²) in [5.41, 5.74) is 32.3. The van der Waals surface area contributed by atoms with Crippen LogP contribution in [0.25, 0.3) is 55.6 Å². The molecule has 0 spiro atoms. The third-order valence-electron chi connectivity index (χ3n) is 15.8. The minimum Gasteiger partial charge on any atom is -0.312 e. The first kappa shape index (κ1) is 48.1. The predicted octanol–water partition coefficient (Wildman–Crippen LogP) is -0.455. The van der Waals surface area contributed by atoms with Crippen molar-refractivity contribution in [3.05, 3.63) is 206 Å². The van der Waals surface area contributed by atoms with Crippen LogP contribution in [-0.4, -0.2) is 78.5 Å². The van der Waals surface area contributed by atoms with Crippen LogP contribution in [0.15, 0.2) is 206 Å². The number of nitrogens with zero attached hydrogens (tertiary/aromatic N) is 2. The van der Waals surface area contributed by atoms with Gasteiger partial charge in [0.25, 0.3) is 0 Å². The zero-order valence-electron chi connectivity index (χ0n) is 43.5. The van der Waals surface area contributed by atoms with E-state index in [4.69, 9.17) is 0 Å². The van der Waals surface area contributed by atoms with Crippen molar-refractivity contribution in [2.75, 3.05) is 9.80 Å². The summed E-state index contributed by atoms with van der Waals surface area (Å²) in [5.74, 6) is 0. The lowest BCUT2D eigenvalue weighted by atomic mass is 9.61. The van der Waals surface area contributed by atoms with E-state index in [1.54, 1.807) is 0 Å². The Kier molecular flexibility index (Phi) is 13.5. The second-order valence-corrected chi connectivity index (χ2v) is 19.7. The van der Waals surface area contributed by atoms with E-state index in [0.717, 1.165) is 22.7 Å². The van der Waals surface area contributed by atoms with Crippen molar-refractivity contribution in [3.63, 3.8) is 0 Å². The summed E-state index contributed by atoms with van der Waals surface area (Å²) in [6, 6.07) is 75.5. The molecule has 0 aromatic heterocycles. The Labute approximate surface area is 436 Å². The second kappa shape index (κ2) is 20.3. The van der Waals surface area contributed by atoms with Crippen LogP contribution in [0.3, 0.4) is 0 Å². The fraction of sp³-hybridized carbons (Fsp3) is 0. The SMILES string of the molecule is Bc1c(B)c(B)c(N(c2ccc(-c3ccccc3)cc2)c2ccc(-c3cccc(-c4cccc(-c5ccc(N(c6ccc(-c7ccccc7)cc6)c6c(B)c(B)c(B)c(B)c6B)cc5)c4)c3)cc2)c(B)c1B. The first-order chi connectivity index (χ1) is 34.9. The summed E-state index contributed by atoms with van der Waals surface area (Å²) in [4.78, 5) is 4.90. The lowest BCUT2D eigenvalue weighted by Gasteiger charge is -2.32. The second-order valence-electron chi connectivity index (χ2n) is 19.7. The molecular weight excluding hydrogens is 857 g/mol. The Morgan fingerprint density at radius 2 is 0.375 bits per heavy atom. The van der Waals surface area contributed by atoms with E-state index in [1.807, 2.05) is 0 Å². The zero-order chi connectivity index (χ0) is 50.2. The molecule has 72 heavy (non-hydrogen) atoms. The van der Waals surface area contributed by atoms with Gasteiger partial charge in [0.05, 0.1) is 0 Å². The molecule has 0 heterocycles. The van der Waals surface area contributed by atoms with E-state index in [2.05, 4.69) is 295 Å². The van der Waals surface area contributed by atoms with Gasteiger partial charge in [-0.1, -0.05) is 189 Å². The molecule has 0 aliphatic carbocycles. The molecule has 10 aromatic rings. The van der Waals surface area contributed by atoms with E-state index in [0.29, 0.717) is 0 Å². The lowest BCUT2D eigenvalue weighted by molar-refractivity contribution is 1.31. The van der Waals surface area contributed by atoms with Crippen molar-refractivity contribution >= 4 is 167 Å². The standard InChI is InChI=1S/C60H54B10N2/c61-49-51(63)55(67)59(56(68)52(49)64)71(45-25-17-37(18-26-45)35-9-3-1-4-10-35)47-29-21-39(22-30-47)41-13-7-15-43(33-41)44-16-8-14-42(34-44)40-23-31-48(32-24-40)72(60-57(69)53(65)50(62)54(66)58(60)70)46-27-19-38(20-28-46)36-11-5-2-6-12-36/h1-34H,61-70H2. The first-order valence-corrected chi connectivity index (χ1v) is 25.3. The number of hydrogen-bond acceptors (Lipinski definition) is 2. The highest BCUT2D eigenvalue weighted by Gasteiger charge is 2.23. The van der Waals surface area contributed by atoms with Gasteiger partial charge in [-0.25, -0.2) is 0 Å². The third kappa shape index (κ3) is 9.16. The van der Waals surface area contributed by atoms with E-state index >= 15 is 0 Å². The fourth-order valence-electron chi connectivity index (χ4n) is 10.7. The zero-order valence-corrected chi connectivity index (χ0v) is 43.5. The van der Waals surface area contributed by atoms with Crippen LogP contribution in [0.4, 0.5) is 34.1 Å². The molecule has 0 saturated heterocycles. The molecule has 0 atom stereocenters. The molecular formula is C60H54B10N2. The van der Waals surface area contributed by atoms with Crippen molar-refractivity contribution < 1.29 is 0 Å². The Balaban J connectivity index is 0.956. The molecule has 10 aromatic carbocycles. The maximum Gasteiger partial charge on any atom is 0.141 e. The first-order valence-electron chi connectivity index (χ1n) is 25.3. The molecule has 0 fully saturated rings. The van der Waals surface area contributed by atoms with Crippen molar-refractivity contribution in [1.29, 1.82) is 0 Å². The maximum atomic E-state index is 2.45. The summed E-state index contributed by atoms with van der Waals surface area (Å²) in [5, 5.41) is 0. The highest BCUT2D eigenvalue weighted by molar-refractivity contribution is 6.70. The van der Waals surface area contributed by atoms with Crippen LogP contribution >= 0.6 is 0 Å². The van der Waals surface area contributed by atoms with Crippen molar-refractivity contribution in [2.45, 2.75) is 0 Å². The molecule has 0 bridgehead atoms. The Morgan fingerprint density at radius 1 is 0.181 bits per heavy atom. The Hall–Kier alpha value is -7.55. The predicted molar refractivity (Wildman–Crippen MR) is 345 cm³/mol. The molecule has 0 amide bonds. The minimum absolute atomic E-state index is 1.13. The Bertz CT molecular complexity index is 3310. The molecule has 12 heteroatoms. The summed E-state index contributed by atoms with van der Waals surface area (Å²) < 4.78 is 0. The molecule has 2 nitrogen and oxygen atoms in total. The Morgan fingerprint density at radius 3 is 0.639 bits per heavy atom. The van der Waals surface area contributed by atoms with Crippen LogP contribution in [0.2, 0.25) is 0 Å². The van der Waals surface area contributed by atoms with Crippen LogP contribution in [-0.2, 0) is 0 Å². The van der Waals surface area contributed by atoms with Gasteiger partial charge < -0.3 is 9.80 Å². The van der Waals surface area contributed by atoms with Crippen LogP contribution < -0.4 is 64.4 Å². The largest absolute Gasteiger partial charge is 0.312 e. The highest BCUT2D eigenvalue weighted by atomic mass is 15.2. The van der Waals surface area contributed by atoms with Gasteiger partial charge in [-0.3, -0.25) is 0 Å². The quantitative estimate of drug-likeness (QED) is 0.163. The van der Waals surface area contributed by atoms with Crippen LogP contribution in [0, 0.1) is 0 Å². The lowest BCUT2D eigenvalue weighted by Crippen LogP contribution is -2.56. The molecule has 0 aliphatic heterocycles. The summed E-state index contributed by atoms with van der Waals surface area (Å²) >= 11 is 0. The van der Waals surface area contributed by atoms with E-state index in [-0.39, 0.29) is 0 Å². The van der Waals surface area contributed by atoms with Gasteiger partial charge in [-0.2, -0.15) is 0 Å². The van der Waals surface area contributed by atoms with Gasteiger partial charge in [-0.05, 0) is 116 Å². The third-order valence-corrected chi connectivity index (χ3v) is 15.8. The normalized spacial score (nSPS) is 11.1. The van der Waals surface area contributed by atoms with E-state index in [9.17, 15) is 0 Å². The van der Waals surface area contributed by atoms with Crippen molar-refractivity contribution in [1.82, 2.24) is 0 Å². The fourth-order valence-corrected chi connectivity index (χ4v) is 10.7. The minimum atomic E-state index is 1.13. The molecule has 0 aliphatic rings. The molecule has 0 N–H and O–H groups in total. The molecule has 0 radical (unpaired) electrons. The van der Waals surface area contributed by atoms with Crippen LogP contribution in [0.5, 0.6) is 0 Å². The smallest absolute Gasteiger partial charge is 0.141 e. The average Bonchev–Trinajstić information content (AvgIpc) is 3.44. The van der Waals surface area contributed by atoms with Gasteiger partial charge >= 0.3 is 0 Å². The van der Waals surface area contributed by atoms with Gasteiger partial charge in [0.1, 0.15) is 78.5 Å². The number of benzene rings is 10.